The maximum atomic E-state index is 13.3. The summed E-state index contributed by atoms with van der Waals surface area (Å²) in [7, 11) is 0. The van der Waals surface area contributed by atoms with Crippen molar-refractivity contribution in [2.75, 3.05) is 5.32 Å². The summed E-state index contributed by atoms with van der Waals surface area (Å²) in [6.07, 6.45) is 0.208. The minimum Gasteiger partial charge on any atom is -0.354 e. The molecular weight excluding hydrogens is 380 g/mol. The van der Waals surface area contributed by atoms with E-state index in [1.807, 2.05) is 0 Å². The number of para-hydroxylation sites is 1. The number of nitrogens with one attached hydrogen (secondary N) is 2. The van der Waals surface area contributed by atoms with Crippen LogP contribution in [-0.4, -0.2) is 22.5 Å². The van der Waals surface area contributed by atoms with Crippen molar-refractivity contribution in [3.63, 3.8) is 0 Å². The number of carbonyl (C=O) groups is 3. The minimum absolute atomic E-state index is 0.158. The zero-order chi connectivity index (χ0) is 21.0. The average Bonchev–Trinajstić information content (AvgIpc) is 2.77. The predicted octanol–water partition coefficient (Wildman–Crippen LogP) is 3.81. The molecule has 0 unspecified atom stereocenters. The van der Waals surface area contributed by atoms with Gasteiger partial charge in [-0.05, 0) is 18.2 Å². The van der Waals surface area contributed by atoms with Gasteiger partial charge < -0.3 is 10.3 Å². The van der Waals surface area contributed by atoms with E-state index < -0.39 is 0 Å². The standard InChI is InChI=1S/C24H16N2O4/c1-2-18(27)25-17-11-15-19(23(29)13-8-4-3-7-12(13)22(15)28)21-20(17)24(30)14-9-5-6-10-16(14)26-21/h3-11H,2H2,1H3,(H,25,27)(H,26,30). The number of fused-ring (bicyclic) bond motifs is 5. The van der Waals surface area contributed by atoms with Crippen LogP contribution in [0.2, 0.25) is 0 Å². The second kappa shape index (κ2) is 6.49. The smallest absolute Gasteiger partial charge is 0.224 e. The highest BCUT2D eigenvalue weighted by atomic mass is 16.2. The normalized spacial score (nSPS) is 12.7. The number of carbonyl (C=O) groups excluding carboxylic acids is 3. The minimum atomic E-state index is -0.329. The number of hydrogen-bond acceptors (Lipinski definition) is 4. The molecule has 30 heavy (non-hydrogen) atoms. The fourth-order valence-corrected chi connectivity index (χ4v) is 4.01. The first kappa shape index (κ1) is 18.0. The molecule has 3 aromatic carbocycles. The van der Waals surface area contributed by atoms with E-state index in [-0.39, 0.29) is 57.0 Å². The van der Waals surface area contributed by atoms with E-state index in [1.165, 1.54) is 6.07 Å². The molecule has 2 N–H and O–H groups in total. The van der Waals surface area contributed by atoms with Crippen molar-refractivity contribution >= 4 is 45.0 Å². The highest BCUT2D eigenvalue weighted by molar-refractivity contribution is 6.33. The van der Waals surface area contributed by atoms with Gasteiger partial charge in [0.2, 0.25) is 5.91 Å². The fraction of sp³-hybridized carbons (Fsp3) is 0.0833. The molecule has 1 amide bonds. The number of H-pyrrole nitrogens is 1. The molecule has 0 bridgehead atoms. The molecule has 5 rings (SSSR count). The number of anilines is 1. The van der Waals surface area contributed by atoms with Crippen LogP contribution in [0.4, 0.5) is 5.69 Å². The molecule has 146 valence electrons. The van der Waals surface area contributed by atoms with Crippen LogP contribution in [0.5, 0.6) is 0 Å². The zero-order valence-corrected chi connectivity index (χ0v) is 16.0. The highest BCUT2D eigenvalue weighted by Crippen LogP contribution is 2.35. The van der Waals surface area contributed by atoms with Gasteiger partial charge >= 0.3 is 0 Å². The van der Waals surface area contributed by atoms with Gasteiger partial charge in [0, 0.05) is 34.0 Å². The number of aromatic amines is 1. The van der Waals surface area contributed by atoms with Crippen molar-refractivity contribution < 1.29 is 14.4 Å². The molecule has 0 aliphatic heterocycles. The summed E-state index contributed by atoms with van der Waals surface area (Å²) in [6.45, 7) is 1.69. The maximum Gasteiger partial charge on any atom is 0.224 e. The Labute approximate surface area is 170 Å². The summed E-state index contributed by atoms with van der Waals surface area (Å²) >= 11 is 0. The number of amides is 1. The number of aromatic nitrogens is 1. The van der Waals surface area contributed by atoms with Gasteiger partial charge in [-0.15, -0.1) is 0 Å². The van der Waals surface area contributed by atoms with E-state index in [4.69, 9.17) is 0 Å². The summed E-state index contributed by atoms with van der Waals surface area (Å²) < 4.78 is 0. The Bertz CT molecular complexity index is 1480. The van der Waals surface area contributed by atoms with E-state index in [9.17, 15) is 19.2 Å². The fourth-order valence-electron chi connectivity index (χ4n) is 4.01. The summed E-state index contributed by atoms with van der Waals surface area (Å²) in [5, 5.41) is 3.35. The van der Waals surface area contributed by atoms with Crippen molar-refractivity contribution in [3.8, 4) is 0 Å². The SMILES string of the molecule is CCC(=O)Nc1cc2c(c3[nH]c4ccccc4c(=O)c13)C(=O)c1ccccc1C2=O. The van der Waals surface area contributed by atoms with Crippen molar-refractivity contribution in [1.82, 2.24) is 4.98 Å². The van der Waals surface area contributed by atoms with Crippen molar-refractivity contribution in [2.45, 2.75) is 13.3 Å². The Morgan fingerprint density at radius 2 is 1.57 bits per heavy atom. The average molecular weight is 396 g/mol. The maximum absolute atomic E-state index is 13.3. The van der Waals surface area contributed by atoms with Gasteiger partial charge in [0.05, 0.1) is 22.2 Å². The third kappa shape index (κ3) is 2.43. The summed E-state index contributed by atoms with van der Waals surface area (Å²) in [4.78, 5) is 55.2. The van der Waals surface area contributed by atoms with Crippen molar-refractivity contribution in [2.24, 2.45) is 0 Å². The number of benzene rings is 3. The molecule has 0 saturated heterocycles. The molecule has 0 atom stereocenters. The van der Waals surface area contributed by atoms with Gasteiger partial charge in [0.1, 0.15) is 0 Å². The van der Waals surface area contributed by atoms with Crippen LogP contribution < -0.4 is 10.7 Å². The first-order chi connectivity index (χ1) is 14.5. The summed E-state index contributed by atoms with van der Waals surface area (Å²) in [6, 6.07) is 15.0. The Hall–Kier alpha value is -4.06. The molecule has 1 aromatic heterocycles. The van der Waals surface area contributed by atoms with Gasteiger partial charge in [-0.1, -0.05) is 43.3 Å². The molecular formula is C24H16N2O4. The monoisotopic (exact) mass is 396 g/mol. The number of hydrogen-bond donors (Lipinski definition) is 2. The second-order valence-electron chi connectivity index (χ2n) is 7.20. The lowest BCUT2D eigenvalue weighted by Gasteiger charge is -2.21. The largest absolute Gasteiger partial charge is 0.354 e. The van der Waals surface area contributed by atoms with Gasteiger partial charge in [-0.3, -0.25) is 19.2 Å². The molecule has 0 fully saturated rings. The Balaban J connectivity index is 1.96. The van der Waals surface area contributed by atoms with Crippen LogP contribution in [0.15, 0.2) is 59.4 Å². The van der Waals surface area contributed by atoms with E-state index in [0.29, 0.717) is 22.0 Å². The van der Waals surface area contributed by atoms with Gasteiger partial charge in [-0.2, -0.15) is 0 Å². The van der Waals surface area contributed by atoms with Crippen LogP contribution in [0.1, 0.15) is 45.2 Å². The summed E-state index contributed by atoms with van der Waals surface area (Å²) in [5.41, 5.74) is 1.66. The molecule has 6 heteroatoms. The number of pyridine rings is 1. The van der Waals surface area contributed by atoms with Crippen LogP contribution in [-0.2, 0) is 4.79 Å². The van der Waals surface area contributed by atoms with Gasteiger partial charge in [0.15, 0.2) is 17.0 Å². The van der Waals surface area contributed by atoms with Gasteiger partial charge in [-0.25, -0.2) is 0 Å². The molecule has 0 radical (unpaired) electrons. The zero-order valence-electron chi connectivity index (χ0n) is 16.0. The molecule has 1 heterocycles. The Morgan fingerprint density at radius 1 is 0.900 bits per heavy atom. The van der Waals surface area contributed by atoms with Crippen LogP contribution >= 0.6 is 0 Å². The first-order valence-electron chi connectivity index (χ1n) is 9.61. The second-order valence-corrected chi connectivity index (χ2v) is 7.20. The van der Waals surface area contributed by atoms with Crippen LogP contribution in [0.25, 0.3) is 21.8 Å². The summed E-state index contributed by atoms with van der Waals surface area (Å²) in [5.74, 6) is -0.939. The van der Waals surface area contributed by atoms with E-state index in [0.717, 1.165) is 0 Å². The molecule has 0 saturated carbocycles. The van der Waals surface area contributed by atoms with E-state index in [1.54, 1.807) is 55.5 Å². The van der Waals surface area contributed by atoms with Crippen LogP contribution in [0.3, 0.4) is 0 Å². The first-order valence-corrected chi connectivity index (χ1v) is 9.61. The molecule has 0 spiro atoms. The Kier molecular flexibility index (Phi) is 3.89. The third-order valence-corrected chi connectivity index (χ3v) is 5.47. The van der Waals surface area contributed by atoms with Crippen molar-refractivity contribution in [3.05, 3.63) is 87.1 Å². The molecule has 6 nitrogen and oxygen atoms in total. The highest BCUT2D eigenvalue weighted by Gasteiger charge is 2.33. The quantitative estimate of drug-likeness (QED) is 0.444. The molecule has 1 aliphatic carbocycles. The molecule has 4 aromatic rings. The van der Waals surface area contributed by atoms with Crippen molar-refractivity contribution in [1.29, 1.82) is 0 Å². The number of rotatable bonds is 2. The van der Waals surface area contributed by atoms with Crippen LogP contribution in [0, 0.1) is 0 Å². The Morgan fingerprint density at radius 3 is 2.30 bits per heavy atom. The lowest BCUT2D eigenvalue weighted by Crippen LogP contribution is -2.24. The lowest BCUT2D eigenvalue weighted by molar-refractivity contribution is -0.115. The topological polar surface area (TPSA) is 96.1 Å². The predicted molar refractivity (Wildman–Crippen MR) is 114 cm³/mol. The van der Waals surface area contributed by atoms with E-state index >= 15 is 0 Å². The molecule has 1 aliphatic rings. The van der Waals surface area contributed by atoms with E-state index in [2.05, 4.69) is 10.3 Å². The van der Waals surface area contributed by atoms with Gasteiger partial charge in [0.25, 0.3) is 0 Å². The lowest BCUT2D eigenvalue weighted by atomic mass is 9.82. The third-order valence-electron chi connectivity index (χ3n) is 5.47. The number of ketones is 2.